The van der Waals surface area contributed by atoms with Gasteiger partial charge in [-0.05, 0) is 24.8 Å². The van der Waals surface area contributed by atoms with E-state index in [4.69, 9.17) is 4.74 Å². The second kappa shape index (κ2) is 5.28. The van der Waals surface area contributed by atoms with E-state index in [0.29, 0.717) is 25.4 Å². The highest BCUT2D eigenvalue weighted by atomic mass is 16.5. The second-order valence-corrected chi connectivity index (χ2v) is 5.54. The van der Waals surface area contributed by atoms with Crippen LogP contribution < -0.4 is 0 Å². The lowest BCUT2D eigenvalue weighted by Crippen LogP contribution is -2.37. The van der Waals surface area contributed by atoms with Crippen LogP contribution in [0.15, 0.2) is 0 Å². The van der Waals surface area contributed by atoms with Crippen molar-refractivity contribution in [3.8, 4) is 0 Å². The van der Waals surface area contributed by atoms with Crippen LogP contribution >= 0.6 is 0 Å². The van der Waals surface area contributed by atoms with E-state index in [9.17, 15) is 4.79 Å². The number of carbonyl (C=O) groups is 1. The van der Waals surface area contributed by atoms with E-state index in [-0.39, 0.29) is 5.92 Å². The van der Waals surface area contributed by atoms with Gasteiger partial charge in [0.1, 0.15) is 5.78 Å². The van der Waals surface area contributed by atoms with Crippen LogP contribution in [0.4, 0.5) is 0 Å². The average molecular weight is 225 g/mol. The van der Waals surface area contributed by atoms with Gasteiger partial charge in [-0.25, -0.2) is 0 Å². The van der Waals surface area contributed by atoms with Gasteiger partial charge in [0.15, 0.2) is 0 Å². The molecule has 2 heterocycles. The van der Waals surface area contributed by atoms with Gasteiger partial charge in [-0.2, -0.15) is 0 Å². The van der Waals surface area contributed by atoms with E-state index in [2.05, 4.69) is 18.7 Å². The van der Waals surface area contributed by atoms with Gasteiger partial charge in [-0.1, -0.05) is 13.8 Å². The minimum atomic E-state index is 0.139. The highest BCUT2D eigenvalue weighted by Crippen LogP contribution is 2.25. The number of Topliss-reactive ketones (excluding diaryl/α,β-unsaturated/α-hetero) is 1. The van der Waals surface area contributed by atoms with E-state index in [0.717, 1.165) is 24.9 Å². The Balaban J connectivity index is 1.80. The Morgan fingerprint density at radius 3 is 2.94 bits per heavy atom. The molecule has 0 bridgehead atoms. The third-order valence-corrected chi connectivity index (χ3v) is 4.00. The molecule has 3 nitrogen and oxygen atoms in total. The number of hydrogen-bond acceptors (Lipinski definition) is 3. The van der Waals surface area contributed by atoms with Crippen molar-refractivity contribution in [1.82, 2.24) is 4.90 Å². The molecule has 2 aliphatic heterocycles. The van der Waals surface area contributed by atoms with E-state index in [1.807, 2.05) is 0 Å². The fraction of sp³-hybridized carbons (Fsp3) is 0.923. The third-order valence-electron chi connectivity index (χ3n) is 4.00. The Hall–Kier alpha value is -0.410. The monoisotopic (exact) mass is 225 g/mol. The van der Waals surface area contributed by atoms with Crippen LogP contribution in [0.2, 0.25) is 0 Å². The van der Waals surface area contributed by atoms with Gasteiger partial charge in [0.05, 0.1) is 19.1 Å². The van der Waals surface area contributed by atoms with Crippen molar-refractivity contribution in [2.45, 2.75) is 26.7 Å². The molecule has 0 aromatic carbocycles. The zero-order valence-corrected chi connectivity index (χ0v) is 10.4. The lowest BCUT2D eigenvalue weighted by Gasteiger charge is -2.26. The summed E-state index contributed by atoms with van der Waals surface area (Å²) in [4.78, 5) is 14.1. The van der Waals surface area contributed by atoms with Crippen LogP contribution in [0.5, 0.6) is 0 Å². The lowest BCUT2D eigenvalue weighted by molar-refractivity contribution is -0.131. The standard InChI is InChI=1S/C13H23NO2/c1-10(2)11-3-5-14(7-11)8-12-9-16-6-4-13(12)15/h10-12H,3-9H2,1-2H3. The summed E-state index contributed by atoms with van der Waals surface area (Å²) in [6, 6.07) is 0. The number of ether oxygens (including phenoxy) is 1. The molecule has 0 amide bonds. The summed E-state index contributed by atoms with van der Waals surface area (Å²) in [5.74, 6) is 2.13. The SMILES string of the molecule is CC(C)C1CCN(CC2COCCC2=O)C1. The quantitative estimate of drug-likeness (QED) is 0.730. The molecule has 0 aliphatic carbocycles. The first kappa shape index (κ1) is 12.1. The number of ketones is 1. The normalized spacial score (nSPS) is 32.6. The molecule has 2 atom stereocenters. The maximum Gasteiger partial charge on any atom is 0.141 e. The molecule has 92 valence electrons. The van der Waals surface area contributed by atoms with Crippen LogP contribution in [0.1, 0.15) is 26.7 Å². The molecule has 2 aliphatic rings. The molecule has 0 N–H and O–H groups in total. The van der Waals surface area contributed by atoms with Crippen molar-refractivity contribution < 1.29 is 9.53 Å². The predicted octanol–water partition coefficient (Wildman–Crippen LogP) is 1.57. The van der Waals surface area contributed by atoms with Crippen molar-refractivity contribution in [3.05, 3.63) is 0 Å². The van der Waals surface area contributed by atoms with E-state index < -0.39 is 0 Å². The Morgan fingerprint density at radius 1 is 1.50 bits per heavy atom. The maximum absolute atomic E-state index is 11.7. The van der Waals surface area contributed by atoms with E-state index in [1.54, 1.807) is 0 Å². The maximum atomic E-state index is 11.7. The smallest absolute Gasteiger partial charge is 0.141 e. The Labute approximate surface area is 98.1 Å². The van der Waals surface area contributed by atoms with Gasteiger partial charge in [-0.3, -0.25) is 4.79 Å². The summed E-state index contributed by atoms with van der Waals surface area (Å²) in [6.45, 7) is 9.10. The van der Waals surface area contributed by atoms with Crippen LogP contribution in [-0.2, 0) is 9.53 Å². The van der Waals surface area contributed by atoms with Crippen molar-refractivity contribution in [1.29, 1.82) is 0 Å². The second-order valence-electron chi connectivity index (χ2n) is 5.54. The van der Waals surface area contributed by atoms with Crippen LogP contribution in [-0.4, -0.2) is 43.5 Å². The van der Waals surface area contributed by atoms with Crippen molar-refractivity contribution in [2.24, 2.45) is 17.8 Å². The molecular weight excluding hydrogens is 202 g/mol. The van der Waals surface area contributed by atoms with Gasteiger partial charge < -0.3 is 9.64 Å². The zero-order chi connectivity index (χ0) is 11.5. The van der Waals surface area contributed by atoms with Gasteiger partial charge >= 0.3 is 0 Å². The summed E-state index contributed by atoms with van der Waals surface area (Å²) in [5.41, 5.74) is 0. The van der Waals surface area contributed by atoms with Crippen LogP contribution in [0.25, 0.3) is 0 Å². The van der Waals surface area contributed by atoms with Gasteiger partial charge in [0, 0.05) is 19.5 Å². The summed E-state index contributed by atoms with van der Waals surface area (Å²) in [5, 5.41) is 0. The van der Waals surface area contributed by atoms with Crippen molar-refractivity contribution in [3.63, 3.8) is 0 Å². The van der Waals surface area contributed by atoms with E-state index in [1.165, 1.54) is 13.0 Å². The number of carbonyl (C=O) groups excluding carboxylic acids is 1. The first-order valence-corrected chi connectivity index (χ1v) is 6.49. The Bertz CT molecular complexity index is 252. The van der Waals surface area contributed by atoms with Crippen molar-refractivity contribution in [2.75, 3.05) is 32.8 Å². The molecule has 0 aromatic heterocycles. The number of likely N-dealkylation sites (tertiary alicyclic amines) is 1. The first-order valence-electron chi connectivity index (χ1n) is 6.49. The lowest BCUT2D eigenvalue weighted by atomic mass is 9.95. The van der Waals surface area contributed by atoms with E-state index >= 15 is 0 Å². The Kier molecular flexibility index (Phi) is 3.98. The molecule has 0 aromatic rings. The summed E-state index contributed by atoms with van der Waals surface area (Å²) in [7, 11) is 0. The average Bonchev–Trinajstić information content (AvgIpc) is 2.70. The molecule has 0 spiro atoms. The molecule has 2 rings (SSSR count). The topological polar surface area (TPSA) is 29.5 Å². The molecule has 0 radical (unpaired) electrons. The zero-order valence-electron chi connectivity index (χ0n) is 10.4. The number of hydrogen-bond donors (Lipinski definition) is 0. The molecule has 3 heteroatoms. The Morgan fingerprint density at radius 2 is 2.31 bits per heavy atom. The molecule has 2 unspecified atom stereocenters. The fourth-order valence-electron chi connectivity index (χ4n) is 2.73. The van der Waals surface area contributed by atoms with Crippen LogP contribution in [0, 0.1) is 17.8 Å². The number of rotatable bonds is 3. The molecule has 0 saturated carbocycles. The minimum absolute atomic E-state index is 0.139. The first-order chi connectivity index (χ1) is 7.66. The number of nitrogens with zero attached hydrogens (tertiary/aromatic N) is 1. The van der Waals surface area contributed by atoms with Gasteiger partial charge in [-0.15, -0.1) is 0 Å². The molecule has 16 heavy (non-hydrogen) atoms. The largest absolute Gasteiger partial charge is 0.380 e. The van der Waals surface area contributed by atoms with Crippen LogP contribution in [0.3, 0.4) is 0 Å². The van der Waals surface area contributed by atoms with Gasteiger partial charge in [0.2, 0.25) is 0 Å². The fourth-order valence-corrected chi connectivity index (χ4v) is 2.73. The van der Waals surface area contributed by atoms with Gasteiger partial charge in [0.25, 0.3) is 0 Å². The highest BCUT2D eigenvalue weighted by Gasteiger charge is 2.30. The molecular formula is C13H23NO2. The predicted molar refractivity (Wildman–Crippen MR) is 63.3 cm³/mol. The highest BCUT2D eigenvalue weighted by molar-refractivity contribution is 5.82. The third kappa shape index (κ3) is 2.83. The molecule has 2 saturated heterocycles. The minimum Gasteiger partial charge on any atom is -0.380 e. The summed E-state index contributed by atoms with van der Waals surface area (Å²) < 4.78 is 5.39. The summed E-state index contributed by atoms with van der Waals surface area (Å²) >= 11 is 0. The summed E-state index contributed by atoms with van der Waals surface area (Å²) in [6.07, 6.45) is 1.91. The molecule has 2 fully saturated rings. The van der Waals surface area contributed by atoms with Crippen molar-refractivity contribution >= 4 is 5.78 Å².